The van der Waals surface area contributed by atoms with Gasteiger partial charge in [-0.1, -0.05) is 11.6 Å². The van der Waals surface area contributed by atoms with Gasteiger partial charge >= 0.3 is 0 Å². The van der Waals surface area contributed by atoms with Gasteiger partial charge in [-0.05, 0) is 37.6 Å². The second-order valence-corrected chi connectivity index (χ2v) is 11.7. The average molecular weight is 539 g/mol. The predicted octanol–water partition coefficient (Wildman–Crippen LogP) is 4.76. The minimum atomic E-state index is -3.51. The van der Waals surface area contributed by atoms with Crippen LogP contribution in [0.1, 0.15) is 21.0 Å². The Bertz CT molecular complexity index is 1380. The van der Waals surface area contributed by atoms with Crippen LogP contribution >= 0.6 is 22.9 Å². The van der Waals surface area contributed by atoms with Crippen LogP contribution in [0.15, 0.2) is 36.5 Å². The third-order valence-electron chi connectivity index (χ3n) is 5.51. The third-order valence-corrected chi connectivity index (χ3v) is 7.38. The second-order valence-electron chi connectivity index (χ2n) is 8.25. The number of anilines is 3. The number of carbonyl (C=O) groups excluding carboxylic acids is 1. The van der Waals surface area contributed by atoms with Crippen LogP contribution in [0.25, 0.3) is 11.3 Å². The predicted molar refractivity (Wildman–Crippen MR) is 138 cm³/mol. The molecule has 4 rings (SSSR count). The lowest BCUT2D eigenvalue weighted by molar-refractivity contribution is 0.103. The molecule has 2 aromatic heterocycles. The summed E-state index contributed by atoms with van der Waals surface area (Å²) in [6.45, 7) is 3.22. The number of methoxy groups -OCH3 is 1. The van der Waals surface area contributed by atoms with Gasteiger partial charge in [-0.3, -0.25) is 14.5 Å². The van der Waals surface area contributed by atoms with Crippen LogP contribution in [0.4, 0.5) is 21.5 Å². The first kappa shape index (κ1) is 25.4. The first-order chi connectivity index (χ1) is 16.5. The van der Waals surface area contributed by atoms with Gasteiger partial charge < -0.3 is 15.0 Å². The maximum atomic E-state index is 14.1. The number of sulfonamides is 1. The van der Waals surface area contributed by atoms with Gasteiger partial charge in [0.15, 0.2) is 0 Å². The number of halogens is 2. The zero-order chi connectivity index (χ0) is 25.3. The first-order valence-electron chi connectivity index (χ1n) is 10.7. The van der Waals surface area contributed by atoms with Gasteiger partial charge in [0, 0.05) is 47.4 Å². The van der Waals surface area contributed by atoms with Crippen molar-refractivity contribution in [3.63, 3.8) is 0 Å². The lowest BCUT2D eigenvalue weighted by Crippen LogP contribution is -2.23. The van der Waals surface area contributed by atoms with Gasteiger partial charge in [-0.15, -0.1) is 11.3 Å². The Hall–Kier alpha value is -2.73. The van der Waals surface area contributed by atoms with Crippen molar-refractivity contribution in [3.05, 3.63) is 57.1 Å². The highest BCUT2D eigenvalue weighted by Crippen LogP contribution is 2.37. The molecule has 2 N–H and O–H groups in total. The lowest BCUT2D eigenvalue weighted by atomic mass is 10.1. The van der Waals surface area contributed by atoms with Crippen molar-refractivity contribution in [2.24, 2.45) is 0 Å². The number of aromatic nitrogens is 1. The van der Waals surface area contributed by atoms with E-state index in [4.69, 9.17) is 16.3 Å². The van der Waals surface area contributed by atoms with E-state index in [-0.39, 0.29) is 22.7 Å². The molecule has 1 fully saturated rings. The molecule has 0 saturated carbocycles. The summed E-state index contributed by atoms with van der Waals surface area (Å²) >= 11 is 7.38. The summed E-state index contributed by atoms with van der Waals surface area (Å²) in [6, 6.07) is 7.63. The lowest BCUT2D eigenvalue weighted by Gasteiger charge is -2.21. The van der Waals surface area contributed by atoms with E-state index >= 15 is 0 Å². The molecule has 3 aromatic rings. The standard InChI is InChI=1S/C23H24ClFN4O4S2/c1-13-19(22-20(8-15(25)11-26-22)29-5-4-18(12-29)33-2)10-21(34-13)23(30)27-16-6-14(24)7-17(9-16)28-35(3,31)32/h6-11,18,28H,4-5,12H2,1-3H3,(H,27,30). The van der Waals surface area contributed by atoms with Gasteiger partial charge in [-0.2, -0.15) is 0 Å². The fraction of sp³-hybridized carbons (Fsp3) is 0.304. The molecule has 1 atom stereocenters. The van der Waals surface area contributed by atoms with Crippen molar-refractivity contribution in [2.75, 3.05) is 41.4 Å². The monoisotopic (exact) mass is 538 g/mol. The Kier molecular flexibility index (Phi) is 7.32. The minimum absolute atomic E-state index is 0.0656. The van der Waals surface area contributed by atoms with Gasteiger partial charge in [0.05, 0.1) is 40.5 Å². The maximum absolute atomic E-state index is 14.1. The Morgan fingerprint density at radius 2 is 2.00 bits per heavy atom. The zero-order valence-electron chi connectivity index (χ0n) is 19.3. The summed E-state index contributed by atoms with van der Waals surface area (Å²) in [5, 5.41) is 3.02. The summed E-state index contributed by atoms with van der Waals surface area (Å²) in [6.07, 6.45) is 3.09. The van der Waals surface area contributed by atoms with Crippen molar-refractivity contribution >= 4 is 55.9 Å². The van der Waals surface area contributed by atoms with Gasteiger partial charge in [-0.25, -0.2) is 12.8 Å². The number of hydrogen-bond acceptors (Lipinski definition) is 7. The molecule has 1 unspecified atom stereocenters. The van der Waals surface area contributed by atoms with Crippen LogP contribution in [0.5, 0.6) is 0 Å². The van der Waals surface area contributed by atoms with Crippen LogP contribution in [-0.2, 0) is 14.8 Å². The SMILES string of the molecule is COC1CCN(c2cc(F)cnc2-c2cc(C(=O)Nc3cc(Cl)cc(NS(C)(=O)=O)c3)sc2C)C1. The highest BCUT2D eigenvalue weighted by Gasteiger charge is 2.27. The topological polar surface area (TPSA) is 101 Å². The average Bonchev–Trinajstić information content (AvgIpc) is 3.39. The minimum Gasteiger partial charge on any atom is -0.380 e. The van der Waals surface area contributed by atoms with Gasteiger partial charge in [0.2, 0.25) is 10.0 Å². The molecule has 0 spiro atoms. The number of aryl methyl sites for hydroxylation is 1. The number of amides is 1. The Labute approximate surface area is 212 Å². The van der Waals surface area contributed by atoms with Gasteiger partial charge in [0.1, 0.15) is 5.82 Å². The Morgan fingerprint density at radius 1 is 1.26 bits per heavy atom. The number of benzene rings is 1. The molecule has 3 heterocycles. The maximum Gasteiger partial charge on any atom is 0.265 e. The van der Waals surface area contributed by atoms with Crippen molar-refractivity contribution < 1.29 is 22.3 Å². The van der Waals surface area contributed by atoms with E-state index in [0.29, 0.717) is 35.0 Å². The smallest absolute Gasteiger partial charge is 0.265 e. The largest absolute Gasteiger partial charge is 0.380 e. The number of pyridine rings is 1. The molecule has 1 aliphatic heterocycles. The van der Waals surface area contributed by atoms with Crippen LogP contribution in [0.2, 0.25) is 5.02 Å². The van der Waals surface area contributed by atoms with Crippen molar-refractivity contribution in [3.8, 4) is 11.3 Å². The Balaban J connectivity index is 1.61. The summed E-state index contributed by atoms with van der Waals surface area (Å²) in [5.41, 5.74) is 2.56. The fourth-order valence-corrected chi connectivity index (χ4v) is 5.67. The van der Waals surface area contributed by atoms with E-state index < -0.39 is 15.8 Å². The summed E-state index contributed by atoms with van der Waals surface area (Å²) in [7, 11) is -1.85. The Morgan fingerprint density at radius 3 is 2.69 bits per heavy atom. The summed E-state index contributed by atoms with van der Waals surface area (Å²) in [4.78, 5) is 20.7. The molecule has 186 valence electrons. The number of nitrogens with one attached hydrogen (secondary N) is 2. The third kappa shape index (κ3) is 6.10. The van der Waals surface area contributed by atoms with Gasteiger partial charge in [0.25, 0.3) is 5.91 Å². The first-order valence-corrected chi connectivity index (χ1v) is 13.7. The molecule has 0 aliphatic carbocycles. The molecular weight excluding hydrogens is 515 g/mol. The molecular formula is C23H24ClFN4O4S2. The van der Waals surface area contributed by atoms with E-state index in [0.717, 1.165) is 23.1 Å². The van der Waals surface area contributed by atoms with E-state index in [2.05, 4.69) is 15.0 Å². The molecule has 1 saturated heterocycles. The van der Waals surface area contributed by atoms with Crippen LogP contribution in [0, 0.1) is 12.7 Å². The summed E-state index contributed by atoms with van der Waals surface area (Å²) in [5.74, 6) is -0.823. The van der Waals surface area contributed by atoms with E-state index in [9.17, 15) is 17.6 Å². The summed E-state index contributed by atoms with van der Waals surface area (Å²) < 4.78 is 45.0. The van der Waals surface area contributed by atoms with Crippen molar-refractivity contribution in [2.45, 2.75) is 19.4 Å². The molecule has 1 aliphatic rings. The molecule has 12 heteroatoms. The molecule has 8 nitrogen and oxygen atoms in total. The highest BCUT2D eigenvalue weighted by molar-refractivity contribution is 7.92. The number of carbonyl (C=O) groups is 1. The molecule has 1 aromatic carbocycles. The van der Waals surface area contributed by atoms with Crippen LogP contribution < -0.4 is 14.9 Å². The second kappa shape index (κ2) is 10.1. The number of ether oxygens (including phenoxy) is 1. The van der Waals surface area contributed by atoms with Crippen LogP contribution in [0.3, 0.4) is 0 Å². The number of thiophene rings is 1. The number of hydrogen-bond donors (Lipinski definition) is 2. The fourth-order valence-electron chi connectivity index (χ4n) is 3.97. The van der Waals surface area contributed by atoms with E-state index in [1.165, 1.54) is 41.8 Å². The molecule has 0 bridgehead atoms. The van der Waals surface area contributed by atoms with Crippen molar-refractivity contribution in [1.82, 2.24) is 4.98 Å². The zero-order valence-corrected chi connectivity index (χ0v) is 21.7. The van der Waals surface area contributed by atoms with E-state index in [1.54, 1.807) is 13.2 Å². The molecule has 35 heavy (non-hydrogen) atoms. The number of nitrogens with zero attached hydrogens (tertiary/aromatic N) is 2. The van der Waals surface area contributed by atoms with Crippen LogP contribution in [-0.4, -0.2) is 51.9 Å². The number of rotatable bonds is 7. The highest BCUT2D eigenvalue weighted by atomic mass is 35.5. The normalized spacial score (nSPS) is 15.9. The van der Waals surface area contributed by atoms with E-state index in [1.807, 2.05) is 11.8 Å². The molecule has 1 amide bonds. The molecule has 0 radical (unpaired) electrons. The quantitative estimate of drug-likeness (QED) is 0.450. The van der Waals surface area contributed by atoms with Crippen molar-refractivity contribution in [1.29, 1.82) is 0 Å².